The summed E-state index contributed by atoms with van der Waals surface area (Å²) in [7, 11) is 0. The molecule has 0 aliphatic carbocycles. The number of allylic oxidation sites excluding steroid dienone is 6. The molecule has 0 fully saturated rings. The molecule has 0 aromatic carbocycles. The third kappa shape index (κ3) is 3.01. The lowest BCUT2D eigenvalue weighted by atomic mass is 10.1. The zero-order valence-corrected chi connectivity index (χ0v) is 7.25. The molecule has 0 heterocycles. The normalized spacial score (nSPS) is 13.4. The van der Waals surface area contributed by atoms with Gasteiger partial charge in [0.05, 0.1) is 0 Å². The maximum absolute atomic E-state index is 7.06. The highest BCUT2D eigenvalue weighted by Gasteiger charge is 1.94. The SMILES string of the molecule is C=C\C=C/C(=C\C)C(/C=N)=C/N. The van der Waals surface area contributed by atoms with Crippen molar-refractivity contribution in [3.05, 3.63) is 48.2 Å². The van der Waals surface area contributed by atoms with Gasteiger partial charge < -0.3 is 11.1 Å². The fourth-order valence-electron chi connectivity index (χ4n) is 0.758. The molecule has 0 aliphatic heterocycles. The lowest BCUT2D eigenvalue weighted by Gasteiger charge is -1.98. The Hall–Kier alpha value is -1.57. The average Bonchev–Trinajstić information content (AvgIpc) is 2.12. The summed E-state index contributed by atoms with van der Waals surface area (Å²) in [6.45, 7) is 5.45. The molecule has 0 radical (unpaired) electrons. The Labute approximate surface area is 73.3 Å². The van der Waals surface area contributed by atoms with Crippen LogP contribution in [0.4, 0.5) is 0 Å². The molecule has 0 bridgehead atoms. The van der Waals surface area contributed by atoms with Crippen molar-refractivity contribution in [3.63, 3.8) is 0 Å². The van der Waals surface area contributed by atoms with E-state index in [2.05, 4.69) is 6.58 Å². The van der Waals surface area contributed by atoms with E-state index in [0.29, 0.717) is 5.57 Å². The smallest absolute Gasteiger partial charge is 0.0270 e. The molecule has 0 saturated carbocycles. The minimum atomic E-state index is 0.704. The number of hydrogen-bond donors (Lipinski definition) is 2. The Morgan fingerprint density at radius 1 is 1.42 bits per heavy atom. The predicted molar refractivity (Wildman–Crippen MR) is 54.1 cm³/mol. The van der Waals surface area contributed by atoms with Gasteiger partial charge in [-0.1, -0.05) is 30.9 Å². The van der Waals surface area contributed by atoms with E-state index in [4.69, 9.17) is 11.1 Å². The first-order valence-electron chi connectivity index (χ1n) is 3.68. The molecular formula is C10H14N2. The van der Waals surface area contributed by atoms with E-state index < -0.39 is 0 Å². The minimum Gasteiger partial charge on any atom is -0.404 e. The van der Waals surface area contributed by atoms with Gasteiger partial charge in [0.15, 0.2) is 0 Å². The first-order valence-corrected chi connectivity index (χ1v) is 3.68. The van der Waals surface area contributed by atoms with E-state index in [1.165, 1.54) is 12.4 Å². The van der Waals surface area contributed by atoms with Crippen LogP contribution < -0.4 is 5.73 Å². The molecule has 0 unspecified atom stereocenters. The number of nitrogens with one attached hydrogen (secondary N) is 1. The summed E-state index contributed by atoms with van der Waals surface area (Å²) in [5.41, 5.74) is 6.95. The number of rotatable bonds is 4. The maximum Gasteiger partial charge on any atom is 0.0270 e. The summed E-state index contributed by atoms with van der Waals surface area (Å²) < 4.78 is 0. The van der Waals surface area contributed by atoms with Gasteiger partial charge in [-0.25, -0.2) is 0 Å². The van der Waals surface area contributed by atoms with Crippen LogP contribution in [0.1, 0.15) is 6.92 Å². The van der Waals surface area contributed by atoms with Gasteiger partial charge in [-0.2, -0.15) is 0 Å². The largest absolute Gasteiger partial charge is 0.404 e. The molecule has 0 aliphatic rings. The molecule has 0 rings (SSSR count). The second kappa shape index (κ2) is 6.16. The second-order valence-corrected chi connectivity index (χ2v) is 2.11. The fraction of sp³-hybridized carbons (Fsp3) is 0.100. The molecule has 3 N–H and O–H groups in total. The van der Waals surface area contributed by atoms with Crippen molar-refractivity contribution in [1.82, 2.24) is 0 Å². The molecule has 2 heteroatoms. The van der Waals surface area contributed by atoms with Crippen LogP contribution in [0.15, 0.2) is 48.2 Å². The zero-order chi connectivity index (χ0) is 9.40. The summed E-state index contributed by atoms with van der Waals surface area (Å²) in [4.78, 5) is 0. The molecule has 0 aromatic rings. The van der Waals surface area contributed by atoms with Gasteiger partial charge in [0, 0.05) is 18.0 Å². The molecule has 0 aromatic heterocycles. The Kier molecular flexibility index (Phi) is 5.35. The lowest BCUT2D eigenvalue weighted by Crippen LogP contribution is -1.92. The van der Waals surface area contributed by atoms with Gasteiger partial charge in [0.25, 0.3) is 0 Å². The van der Waals surface area contributed by atoms with E-state index in [-0.39, 0.29) is 0 Å². The molecule has 0 atom stereocenters. The van der Waals surface area contributed by atoms with Gasteiger partial charge in [-0.3, -0.25) is 0 Å². The van der Waals surface area contributed by atoms with Crippen LogP contribution in [0, 0.1) is 5.41 Å². The van der Waals surface area contributed by atoms with Crippen molar-refractivity contribution >= 4 is 6.21 Å². The minimum absolute atomic E-state index is 0.704. The molecule has 0 amide bonds. The zero-order valence-electron chi connectivity index (χ0n) is 7.25. The fourth-order valence-corrected chi connectivity index (χ4v) is 0.758. The molecule has 0 spiro atoms. The Bertz CT molecular complexity index is 245. The highest BCUT2D eigenvalue weighted by atomic mass is 14.5. The van der Waals surface area contributed by atoms with Gasteiger partial charge in [0.1, 0.15) is 0 Å². The van der Waals surface area contributed by atoms with Crippen LogP contribution in [0.3, 0.4) is 0 Å². The third-order valence-electron chi connectivity index (χ3n) is 1.39. The van der Waals surface area contributed by atoms with Crippen molar-refractivity contribution in [2.24, 2.45) is 5.73 Å². The molecular weight excluding hydrogens is 148 g/mol. The molecule has 0 saturated heterocycles. The van der Waals surface area contributed by atoms with E-state index in [1.54, 1.807) is 6.08 Å². The summed E-state index contributed by atoms with van der Waals surface area (Å²) in [6, 6.07) is 0. The molecule has 2 nitrogen and oxygen atoms in total. The van der Waals surface area contributed by atoms with Gasteiger partial charge >= 0.3 is 0 Å². The first kappa shape index (κ1) is 10.4. The van der Waals surface area contributed by atoms with E-state index in [9.17, 15) is 0 Å². The lowest BCUT2D eigenvalue weighted by molar-refractivity contribution is 1.45. The van der Waals surface area contributed by atoms with E-state index >= 15 is 0 Å². The Balaban J connectivity index is 4.68. The van der Waals surface area contributed by atoms with Gasteiger partial charge in [-0.05, 0) is 12.5 Å². The second-order valence-electron chi connectivity index (χ2n) is 2.11. The highest BCUT2D eigenvalue weighted by molar-refractivity contribution is 5.83. The summed E-state index contributed by atoms with van der Waals surface area (Å²) in [5, 5.41) is 7.06. The van der Waals surface area contributed by atoms with Crippen molar-refractivity contribution in [1.29, 1.82) is 5.41 Å². The standard InChI is InChI=1S/C10H14N2/c1-3-5-6-9(4-2)10(7-11)8-12/h3-8,11H,1,12H2,2H3/b6-5-,9-4+,10-8+,11-7?. The van der Waals surface area contributed by atoms with Gasteiger partial charge in [-0.15, -0.1) is 0 Å². The van der Waals surface area contributed by atoms with Crippen LogP contribution >= 0.6 is 0 Å². The van der Waals surface area contributed by atoms with Crippen LogP contribution in [-0.4, -0.2) is 6.21 Å². The Morgan fingerprint density at radius 2 is 2.08 bits per heavy atom. The van der Waals surface area contributed by atoms with E-state index in [1.807, 2.05) is 25.2 Å². The monoisotopic (exact) mass is 162 g/mol. The average molecular weight is 162 g/mol. The van der Waals surface area contributed by atoms with Crippen LogP contribution in [0.5, 0.6) is 0 Å². The van der Waals surface area contributed by atoms with Crippen LogP contribution in [0.2, 0.25) is 0 Å². The quantitative estimate of drug-likeness (QED) is 0.483. The molecule has 12 heavy (non-hydrogen) atoms. The van der Waals surface area contributed by atoms with Crippen LogP contribution in [0.25, 0.3) is 0 Å². The van der Waals surface area contributed by atoms with Crippen molar-refractivity contribution in [2.75, 3.05) is 0 Å². The topological polar surface area (TPSA) is 49.9 Å². The Morgan fingerprint density at radius 3 is 2.42 bits per heavy atom. The molecule has 64 valence electrons. The van der Waals surface area contributed by atoms with Crippen molar-refractivity contribution in [2.45, 2.75) is 6.92 Å². The summed E-state index contributed by atoms with van der Waals surface area (Å²) in [5.74, 6) is 0. The van der Waals surface area contributed by atoms with E-state index in [0.717, 1.165) is 5.57 Å². The number of nitrogens with two attached hydrogens (primary N) is 1. The highest BCUT2D eigenvalue weighted by Crippen LogP contribution is 2.07. The first-order chi connectivity index (χ1) is 5.79. The van der Waals surface area contributed by atoms with Crippen molar-refractivity contribution in [3.8, 4) is 0 Å². The maximum atomic E-state index is 7.06. The summed E-state index contributed by atoms with van der Waals surface area (Å²) in [6.07, 6.45) is 9.88. The van der Waals surface area contributed by atoms with Gasteiger partial charge in [0.2, 0.25) is 0 Å². The van der Waals surface area contributed by atoms with Crippen molar-refractivity contribution < 1.29 is 0 Å². The number of hydrogen-bond acceptors (Lipinski definition) is 2. The summed E-state index contributed by atoms with van der Waals surface area (Å²) >= 11 is 0. The predicted octanol–water partition coefficient (Wildman–Crippen LogP) is 2.17. The van der Waals surface area contributed by atoms with Crippen LogP contribution in [-0.2, 0) is 0 Å². The third-order valence-corrected chi connectivity index (χ3v) is 1.39.